The van der Waals surface area contributed by atoms with Crippen LogP contribution in [-0.2, 0) is 16.0 Å². The second-order valence-corrected chi connectivity index (χ2v) is 3.56. The minimum absolute atomic E-state index is 0.146. The average Bonchev–Trinajstić information content (AvgIpc) is 2.81. The molecular weight excluding hydrogens is 240 g/mol. The largest absolute Gasteiger partial charge is 0.480 e. The number of aromatic nitrogens is 2. The molecule has 8 heteroatoms. The molecule has 0 spiro atoms. The van der Waals surface area contributed by atoms with Gasteiger partial charge in [0.2, 0.25) is 0 Å². The summed E-state index contributed by atoms with van der Waals surface area (Å²) in [5, 5.41) is 13.8. The summed E-state index contributed by atoms with van der Waals surface area (Å²) in [7, 11) is 1.51. The van der Waals surface area contributed by atoms with Crippen molar-refractivity contribution < 1.29 is 19.4 Å². The molecule has 1 unspecified atom stereocenters. The number of imidazole rings is 1. The zero-order valence-electron chi connectivity index (χ0n) is 9.97. The van der Waals surface area contributed by atoms with Crippen molar-refractivity contribution in [1.29, 1.82) is 0 Å². The van der Waals surface area contributed by atoms with Crippen LogP contribution in [0.1, 0.15) is 5.69 Å². The Kier molecular flexibility index (Phi) is 5.65. The van der Waals surface area contributed by atoms with Gasteiger partial charge in [0, 0.05) is 32.0 Å². The van der Waals surface area contributed by atoms with Gasteiger partial charge >= 0.3 is 12.0 Å². The Morgan fingerprint density at radius 3 is 2.94 bits per heavy atom. The molecule has 0 radical (unpaired) electrons. The number of ether oxygens (including phenoxy) is 1. The first-order valence-electron chi connectivity index (χ1n) is 5.37. The van der Waals surface area contributed by atoms with Crippen LogP contribution in [-0.4, -0.2) is 53.4 Å². The maximum atomic E-state index is 11.4. The van der Waals surface area contributed by atoms with E-state index < -0.39 is 18.0 Å². The number of nitrogens with zero attached hydrogens (tertiary/aromatic N) is 1. The second-order valence-electron chi connectivity index (χ2n) is 3.56. The Morgan fingerprint density at radius 1 is 1.61 bits per heavy atom. The molecule has 8 nitrogen and oxygen atoms in total. The number of nitrogens with one attached hydrogen (secondary N) is 3. The topological polar surface area (TPSA) is 116 Å². The van der Waals surface area contributed by atoms with Crippen molar-refractivity contribution in [3.63, 3.8) is 0 Å². The van der Waals surface area contributed by atoms with Crippen molar-refractivity contribution in [1.82, 2.24) is 20.6 Å². The summed E-state index contributed by atoms with van der Waals surface area (Å²) in [6.07, 6.45) is 3.11. The fraction of sp³-hybridized carbons (Fsp3) is 0.500. The van der Waals surface area contributed by atoms with E-state index in [0.717, 1.165) is 0 Å². The number of carboxylic acids is 1. The van der Waals surface area contributed by atoms with E-state index in [1.165, 1.54) is 19.6 Å². The van der Waals surface area contributed by atoms with Gasteiger partial charge < -0.3 is 25.5 Å². The maximum Gasteiger partial charge on any atom is 0.326 e. The number of carboxylic acid groups (broad SMARTS) is 1. The number of carbonyl (C=O) groups excluding carboxylic acids is 1. The van der Waals surface area contributed by atoms with Crippen molar-refractivity contribution >= 4 is 12.0 Å². The summed E-state index contributed by atoms with van der Waals surface area (Å²) in [4.78, 5) is 28.9. The van der Waals surface area contributed by atoms with Gasteiger partial charge in [-0.15, -0.1) is 0 Å². The van der Waals surface area contributed by atoms with Crippen molar-refractivity contribution in [2.75, 3.05) is 20.3 Å². The molecule has 2 amide bonds. The summed E-state index contributed by atoms with van der Waals surface area (Å²) in [6, 6.07) is -1.55. The molecule has 0 aliphatic rings. The number of amides is 2. The monoisotopic (exact) mass is 256 g/mol. The number of hydrogen-bond donors (Lipinski definition) is 4. The summed E-state index contributed by atoms with van der Waals surface area (Å²) in [5.74, 6) is -1.11. The van der Waals surface area contributed by atoms with Crippen LogP contribution in [0.4, 0.5) is 4.79 Å². The molecule has 1 heterocycles. The van der Waals surface area contributed by atoms with Crippen LogP contribution in [0.3, 0.4) is 0 Å². The lowest BCUT2D eigenvalue weighted by Crippen LogP contribution is -2.47. The number of urea groups is 1. The highest BCUT2D eigenvalue weighted by Crippen LogP contribution is 1.98. The summed E-state index contributed by atoms with van der Waals surface area (Å²) < 4.78 is 4.76. The maximum absolute atomic E-state index is 11.4. The van der Waals surface area contributed by atoms with Gasteiger partial charge in [-0.3, -0.25) is 0 Å². The van der Waals surface area contributed by atoms with Crippen LogP contribution in [0.15, 0.2) is 12.5 Å². The van der Waals surface area contributed by atoms with Crippen LogP contribution >= 0.6 is 0 Å². The average molecular weight is 256 g/mol. The van der Waals surface area contributed by atoms with E-state index in [2.05, 4.69) is 20.6 Å². The lowest BCUT2D eigenvalue weighted by Gasteiger charge is -2.14. The molecule has 1 aromatic rings. The van der Waals surface area contributed by atoms with Gasteiger partial charge in [-0.05, 0) is 0 Å². The fourth-order valence-corrected chi connectivity index (χ4v) is 1.29. The van der Waals surface area contributed by atoms with Gasteiger partial charge in [-0.25, -0.2) is 14.6 Å². The number of aliphatic carboxylic acids is 1. The van der Waals surface area contributed by atoms with Crippen LogP contribution in [0.5, 0.6) is 0 Å². The highest BCUT2D eigenvalue weighted by molar-refractivity contribution is 5.82. The van der Waals surface area contributed by atoms with Gasteiger partial charge in [-0.2, -0.15) is 0 Å². The van der Waals surface area contributed by atoms with Crippen molar-refractivity contribution in [3.8, 4) is 0 Å². The first-order chi connectivity index (χ1) is 8.63. The quantitative estimate of drug-likeness (QED) is 0.484. The third kappa shape index (κ3) is 4.83. The standard InChI is InChI=1S/C10H16N4O4/c1-18-3-2-12-10(17)14-8(9(15)16)4-7-5-11-6-13-7/h5-6,8H,2-4H2,1H3,(H,11,13)(H,15,16)(H2,12,14,17). The van der Waals surface area contributed by atoms with E-state index in [4.69, 9.17) is 9.84 Å². The molecule has 0 aliphatic carbocycles. The molecule has 0 aromatic carbocycles. The second kappa shape index (κ2) is 7.28. The van der Waals surface area contributed by atoms with Crippen molar-refractivity contribution in [3.05, 3.63) is 18.2 Å². The normalized spacial score (nSPS) is 11.8. The summed E-state index contributed by atoms with van der Waals surface area (Å²) in [5.41, 5.74) is 0.639. The molecule has 1 atom stereocenters. The minimum Gasteiger partial charge on any atom is -0.480 e. The zero-order chi connectivity index (χ0) is 13.4. The van der Waals surface area contributed by atoms with Gasteiger partial charge in [0.1, 0.15) is 6.04 Å². The van der Waals surface area contributed by atoms with Crippen LogP contribution in [0, 0.1) is 0 Å². The predicted octanol–water partition coefficient (Wildman–Crippen LogP) is -0.649. The van der Waals surface area contributed by atoms with Gasteiger partial charge in [0.25, 0.3) is 0 Å². The highest BCUT2D eigenvalue weighted by atomic mass is 16.5. The molecule has 0 fully saturated rings. The molecule has 0 aliphatic heterocycles. The van der Waals surface area contributed by atoms with Gasteiger partial charge in [-0.1, -0.05) is 0 Å². The first-order valence-corrected chi connectivity index (χ1v) is 5.37. The number of aromatic amines is 1. The molecule has 4 N–H and O–H groups in total. The first kappa shape index (κ1) is 14.0. The number of H-pyrrole nitrogens is 1. The van der Waals surface area contributed by atoms with E-state index >= 15 is 0 Å². The minimum atomic E-state index is -1.11. The summed E-state index contributed by atoms with van der Waals surface area (Å²) in [6.45, 7) is 0.685. The summed E-state index contributed by atoms with van der Waals surface area (Å²) >= 11 is 0. The number of methoxy groups -OCH3 is 1. The van der Waals surface area contributed by atoms with Crippen molar-refractivity contribution in [2.24, 2.45) is 0 Å². The third-order valence-electron chi connectivity index (χ3n) is 2.17. The van der Waals surface area contributed by atoms with E-state index in [-0.39, 0.29) is 6.42 Å². The number of carbonyl (C=O) groups is 2. The highest BCUT2D eigenvalue weighted by Gasteiger charge is 2.20. The molecule has 0 saturated heterocycles. The smallest absolute Gasteiger partial charge is 0.326 e. The lowest BCUT2D eigenvalue weighted by molar-refractivity contribution is -0.139. The lowest BCUT2D eigenvalue weighted by atomic mass is 10.2. The van der Waals surface area contributed by atoms with Crippen LogP contribution in [0.25, 0.3) is 0 Å². The third-order valence-corrected chi connectivity index (χ3v) is 2.17. The molecule has 0 bridgehead atoms. The van der Waals surface area contributed by atoms with Crippen LogP contribution < -0.4 is 10.6 Å². The van der Waals surface area contributed by atoms with E-state index in [9.17, 15) is 9.59 Å². The predicted molar refractivity (Wildman–Crippen MR) is 62.1 cm³/mol. The molecule has 18 heavy (non-hydrogen) atoms. The Morgan fingerprint density at radius 2 is 2.39 bits per heavy atom. The van der Waals surface area contributed by atoms with E-state index in [1.54, 1.807) is 0 Å². The Bertz CT molecular complexity index is 379. The zero-order valence-corrected chi connectivity index (χ0v) is 9.97. The molecule has 1 aromatic heterocycles. The number of hydrogen-bond acceptors (Lipinski definition) is 4. The number of rotatable bonds is 7. The molecule has 100 valence electrons. The van der Waals surface area contributed by atoms with Gasteiger partial charge in [0.05, 0.1) is 12.9 Å². The van der Waals surface area contributed by atoms with E-state index in [0.29, 0.717) is 18.8 Å². The SMILES string of the molecule is COCCNC(=O)NC(Cc1cnc[nH]1)C(=O)O. The Balaban J connectivity index is 2.42. The Hall–Kier alpha value is -2.09. The fourth-order valence-electron chi connectivity index (χ4n) is 1.29. The molecule has 1 rings (SSSR count). The molecular formula is C10H16N4O4. The van der Waals surface area contributed by atoms with E-state index in [1.807, 2.05) is 0 Å². The van der Waals surface area contributed by atoms with Crippen LogP contribution in [0.2, 0.25) is 0 Å². The Labute approximate surface area is 104 Å². The van der Waals surface area contributed by atoms with Crippen molar-refractivity contribution in [2.45, 2.75) is 12.5 Å². The van der Waals surface area contributed by atoms with Gasteiger partial charge in [0.15, 0.2) is 0 Å². The molecule has 0 saturated carbocycles.